The second-order valence-electron chi connectivity index (χ2n) is 3.31. The van der Waals surface area contributed by atoms with Gasteiger partial charge in [0.05, 0.1) is 19.8 Å². The third-order valence-electron chi connectivity index (χ3n) is 1.99. The number of hydrogen-bond donors (Lipinski definition) is 2. The van der Waals surface area contributed by atoms with Gasteiger partial charge in [-0.05, 0) is 6.07 Å². The van der Waals surface area contributed by atoms with Crippen molar-refractivity contribution in [1.29, 1.82) is 0 Å². The zero-order valence-electron chi connectivity index (χ0n) is 10.0. The molecule has 0 saturated heterocycles. The Hall–Kier alpha value is -1.37. The number of methoxy groups -OCH3 is 1. The van der Waals surface area contributed by atoms with Crippen molar-refractivity contribution < 1.29 is 14.2 Å². The maximum atomic E-state index is 5.44. The molecule has 0 aliphatic carbocycles. The van der Waals surface area contributed by atoms with Gasteiger partial charge in [-0.3, -0.25) is 0 Å². The normalized spacial score (nSPS) is 10.2. The predicted octanol–water partition coefficient (Wildman–Crippen LogP) is 0.799. The van der Waals surface area contributed by atoms with Crippen molar-refractivity contribution in [3.63, 3.8) is 0 Å². The van der Waals surface area contributed by atoms with E-state index in [-0.39, 0.29) is 0 Å². The maximum absolute atomic E-state index is 5.44. The van der Waals surface area contributed by atoms with E-state index >= 15 is 0 Å². The van der Waals surface area contributed by atoms with E-state index in [0.29, 0.717) is 38.1 Å². The molecule has 0 fully saturated rings. The molecule has 3 N–H and O–H groups in total. The van der Waals surface area contributed by atoms with Crippen molar-refractivity contribution >= 4 is 5.82 Å². The van der Waals surface area contributed by atoms with Crippen molar-refractivity contribution in [3.05, 3.63) is 18.2 Å². The molecule has 0 atom stereocenters. The van der Waals surface area contributed by atoms with Crippen molar-refractivity contribution in [3.8, 4) is 5.88 Å². The van der Waals surface area contributed by atoms with E-state index in [1.807, 2.05) is 6.07 Å². The van der Waals surface area contributed by atoms with Crippen LogP contribution < -0.4 is 16.0 Å². The molecule has 0 radical (unpaired) electrons. The van der Waals surface area contributed by atoms with Crippen LogP contribution in [-0.2, 0) is 9.47 Å². The van der Waals surface area contributed by atoms with E-state index < -0.39 is 0 Å². The summed E-state index contributed by atoms with van der Waals surface area (Å²) in [5.41, 5.74) is 2.46. The smallest absolute Gasteiger partial charge is 0.215 e. The molecule has 6 heteroatoms. The number of nitrogens with two attached hydrogens (primary N) is 1. The zero-order valence-corrected chi connectivity index (χ0v) is 10.0. The molecule has 17 heavy (non-hydrogen) atoms. The fourth-order valence-electron chi connectivity index (χ4n) is 1.16. The molecule has 1 aromatic rings. The third-order valence-corrected chi connectivity index (χ3v) is 1.99. The fraction of sp³-hybridized carbons (Fsp3) is 0.545. The van der Waals surface area contributed by atoms with Gasteiger partial charge < -0.3 is 19.6 Å². The molecule has 0 aromatic carbocycles. The van der Waals surface area contributed by atoms with E-state index in [1.54, 1.807) is 19.2 Å². The highest BCUT2D eigenvalue weighted by atomic mass is 16.5. The number of aromatic nitrogens is 1. The summed E-state index contributed by atoms with van der Waals surface area (Å²) >= 11 is 0. The molecule has 6 nitrogen and oxygen atoms in total. The van der Waals surface area contributed by atoms with Crippen LogP contribution in [0.15, 0.2) is 18.2 Å². The molecular formula is C11H19N3O3. The Kier molecular flexibility index (Phi) is 7.04. The van der Waals surface area contributed by atoms with E-state index in [9.17, 15) is 0 Å². The van der Waals surface area contributed by atoms with Crippen LogP contribution in [0.2, 0.25) is 0 Å². The number of nitrogen functional groups attached to an aromatic ring is 1. The van der Waals surface area contributed by atoms with Crippen LogP contribution in [0.5, 0.6) is 5.88 Å². The summed E-state index contributed by atoms with van der Waals surface area (Å²) in [6.45, 7) is 2.44. The van der Waals surface area contributed by atoms with Crippen molar-refractivity contribution in [2.75, 3.05) is 39.0 Å². The lowest BCUT2D eigenvalue weighted by atomic mass is 10.4. The van der Waals surface area contributed by atoms with E-state index in [4.69, 9.17) is 20.1 Å². The summed E-state index contributed by atoms with van der Waals surface area (Å²) in [5.74, 6) is 6.38. The highest BCUT2D eigenvalue weighted by Gasteiger charge is 1.97. The Morgan fingerprint density at radius 3 is 2.88 bits per heavy atom. The monoisotopic (exact) mass is 241 g/mol. The third kappa shape index (κ3) is 6.06. The van der Waals surface area contributed by atoms with Gasteiger partial charge in [-0.25, -0.2) is 5.84 Å². The Bertz CT molecular complexity index is 310. The summed E-state index contributed by atoms with van der Waals surface area (Å²) in [5, 5.41) is 0. The molecular weight excluding hydrogens is 222 g/mol. The van der Waals surface area contributed by atoms with Gasteiger partial charge in [0.2, 0.25) is 5.88 Å². The molecule has 96 valence electrons. The molecule has 1 aromatic heterocycles. The molecule has 0 amide bonds. The quantitative estimate of drug-likeness (QED) is 0.378. The minimum absolute atomic E-state index is 0.553. The van der Waals surface area contributed by atoms with Crippen molar-refractivity contribution in [1.82, 2.24) is 4.98 Å². The Balaban J connectivity index is 2.09. The minimum Gasteiger partial charge on any atom is -0.478 e. The predicted molar refractivity (Wildman–Crippen MR) is 64.9 cm³/mol. The number of nitrogens with one attached hydrogen (secondary N) is 1. The van der Waals surface area contributed by atoms with Gasteiger partial charge in [0, 0.05) is 26.2 Å². The average molecular weight is 241 g/mol. The average Bonchev–Trinajstić information content (AvgIpc) is 2.38. The Labute approximate surface area is 101 Å². The van der Waals surface area contributed by atoms with Crippen LogP contribution in [0, 0.1) is 0 Å². The highest BCUT2D eigenvalue weighted by molar-refractivity contribution is 5.35. The van der Waals surface area contributed by atoms with E-state index in [2.05, 4.69) is 10.4 Å². The highest BCUT2D eigenvalue weighted by Crippen LogP contribution is 2.10. The largest absolute Gasteiger partial charge is 0.478 e. The fourth-order valence-corrected chi connectivity index (χ4v) is 1.16. The number of anilines is 1. The summed E-state index contributed by atoms with van der Waals surface area (Å²) in [6.07, 6.45) is 0.811. The number of ether oxygens (including phenoxy) is 3. The number of hydrazine groups is 1. The second-order valence-corrected chi connectivity index (χ2v) is 3.31. The van der Waals surface area contributed by atoms with Crippen LogP contribution in [0.25, 0.3) is 0 Å². The summed E-state index contributed by atoms with van der Waals surface area (Å²) in [6, 6.07) is 5.37. The molecule has 0 bridgehead atoms. The van der Waals surface area contributed by atoms with E-state index in [1.165, 1.54) is 0 Å². The van der Waals surface area contributed by atoms with Crippen LogP contribution in [0.3, 0.4) is 0 Å². The molecule has 0 aliphatic heterocycles. The molecule has 0 saturated carbocycles. The Morgan fingerprint density at radius 2 is 2.12 bits per heavy atom. The molecule has 0 spiro atoms. The first-order valence-corrected chi connectivity index (χ1v) is 5.50. The SMILES string of the molecule is COCCOCCCOc1cccc(NN)n1. The molecule has 0 aliphatic rings. The van der Waals surface area contributed by atoms with Gasteiger partial charge in [0.1, 0.15) is 5.82 Å². The van der Waals surface area contributed by atoms with E-state index in [0.717, 1.165) is 6.42 Å². The topological polar surface area (TPSA) is 78.6 Å². The van der Waals surface area contributed by atoms with Crippen molar-refractivity contribution in [2.24, 2.45) is 5.84 Å². The number of pyridine rings is 1. The Morgan fingerprint density at radius 1 is 1.24 bits per heavy atom. The van der Waals surface area contributed by atoms with Gasteiger partial charge in [-0.15, -0.1) is 0 Å². The number of hydrogen-bond acceptors (Lipinski definition) is 6. The minimum atomic E-state index is 0.553. The van der Waals surface area contributed by atoms with Crippen LogP contribution in [0.4, 0.5) is 5.82 Å². The number of rotatable bonds is 9. The van der Waals surface area contributed by atoms with Gasteiger partial charge in [0.15, 0.2) is 0 Å². The van der Waals surface area contributed by atoms with Gasteiger partial charge in [-0.1, -0.05) is 6.07 Å². The van der Waals surface area contributed by atoms with Crippen LogP contribution >= 0.6 is 0 Å². The number of nitrogens with zero attached hydrogens (tertiary/aromatic N) is 1. The first-order valence-electron chi connectivity index (χ1n) is 5.50. The lowest BCUT2D eigenvalue weighted by Crippen LogP contribution is -2.10. The first kappa shape index (κ1) is 13.7. The van der Waals surface area contributed by atoms with Crippen LogP contribution in [0.1, 0.15) is 6.42 Å². The van der Waals surface area contributed by atoms with Crippen LogP contribution in [-0.4, -0.2) is 38.5 Å². The van der Waals surface area contributed by atoms with Gasteiger partial charge >= 0.3 is 0 Å². The summed E-state index contributed by atoms with van der Waals surface area (Å²) < 4.78 is 15.6. The molecule has 1 heterocycles. The summed E-state index contributed by atoms with van der Waals surface area (Å²) in [4.78, 5) is 4.12. The van der Waals surface area contributed by atoms with Gasteiger partial charge in [0.25, 0.3) is 0 Å². The second kappa shape index (κ2) is 8.74. The standard InChI is InChI=1S/C11H19N3O3/c1-15-8-9-16-6-3-7-17-11-5-2-4-10(13-11)14-12/h2,4-5H,3,6-9,12H2,1H3,(H,13,14). The molecule has 0 unspecified atom stereocenters. The van der Waals surface area contributed by atoms with Gasteiger partial charge in [-0.2, -0.15) is 4.98 Å². The summed E-state index contributed by atoms with van der Waals surface area (Å²) in [7, 11) is 1.65. The van der Waals surface area contributed by atoms with Crippen molar-refractivity contribution in [2.45, 2.75) is 6.42 Å². The lowest BCUT2D eigenvalue weighted by molar-refractivity contribution is 0.0642. The maximum Gasteiger partial charge on any atom is 0.215 e. The molecule has 1 rings (SSSR count). The zero-order chi connectivity index (χ0) is 12.3. The first-order chi connectivity index (χ1) is 8.36. The lowest BCUT2D eigenvalue weighted by Gasteiger charge is -2.07.